The molecule has 2 aromatic carbocycles. The van der Waals surface area contributed by atoms with E-state index in [1.54, 1.807) is 0 Å². The minimum absolute atomic E-state index is 0.0233. The molecule has 3 heteroatoms. The number of benzene rings is 2. The highest BCUT2D eigenvalue weighted by Gasteiger charge is 2.05. The molecule has 1 atom stereocenters. The van der Waals surface area contributed by atoms with Gasteiger partial charge in [0.15, 0.2) is 0 Å². The molecule has 0 radical (unpaired) electrons. The van der Waals surface area contributed by atoms with Crippen molar-refractivity contribution in [2.75, 3.05) is 0 Å². The molecule has 0 saturated heterocycles. The number of rotatable bonds is 4. The Hall–Kier alpha value is -1.53. The van der Waals surface area contributed by atoms with Gasteiger partial charge < -0.3 is 9.05 Å². The van der Waals surface area contributed by atoms with Crippen molar-refractivity contribution in [1.82, 2.24) is 0 Å². The fourth-order valence-electron chi connectivity index (χ4n) is 1.93. The van der Waals surface area contributed by atoms with Gasteiger partial charge in [-0.25, -0.2) is 0 Å². The van der Waals surface area contributed by atoms with Crippen LogP contribution in [0.4, 0.5) is 0 Å². The van der Waals surface area contributed by atoms with Crippen LogP contribution in [-0.4, -0.2) is 0 Å². The summed E-state index contributed by atoms with van der Waals surface area (Å²) in [4.78, 5) is 0. The molecule has 0 amide bonds. The third kappa shape index (κ3) is 3.24. The monoisotopic (exact) mass is 260 g/mol. The summed E-state index contributed by atoms with van der Waals surface area (Å²) in [7, 11) is -0.0233. The van der Waals surface area contributed by atoms with Gasteiger partial charge in [-0.2, -0.15) is 0 Å². The van der Waals surface area contributed by atoms with Gasteiger partial charge >= 0.3 is 0 Å². The Labute approximate surface area is 110 Å². The third-order valence-corrected chi connectivity index (χ3v) is 3.26. The Kier molecular flexibility index (Phi) is 4.22. The Balaban J connectivity index is 1.99. The summed E-state index contributed by atoms with van der Waals surface area (Å²) < 4.78 is 11.3. The molecule has 0 spiro atoms. The van der Waals surface area contributed by atoms with Crippen LogP contribution in [0.2, 0.25) is 0 Å². The fraction of sp³-hybridized carbons (Fsp3) is 0.200. The normalized spacial score (nSPS) is 10.8. The predicted molar refractivity (Wildman–Crippen MR) is 76.7 cm³/mol. The lowest BCUT2D eigenvalue weighted by molar-refractivity contribution is 0.511. The van der Waals surface area contributed by atoms with Gasteiger partial charge in [0, 0.05) is 0 Å². The molecule has 0 saturated carbocycles. The van der Waals surface area contributed by atoms with Gasteiger partial charge in [-0.1, -0.05) is 35.9 Å². The van der Waals surface area contributed by atoms with E-state index in [0.29, 0.717) is 0 Å². The van der Waals surface area contributed by atoms with E-state index in [-0.39, 0.29) is 9.03 Å². The molecule has 0 aliphatic heterocycles. The summed E-state index contributed by atoms with van der Waals surface area (Å²) in [6, 6.07) is 13.9. The van der Waals surface area contributed by atoms with Crippen LogP contribution in [0.1, 0.15) is 16.7 Å². The first-order chi connectivity index (χ1) is 8.66. The van der Waals surface area contributed by atoms with Crippen LogP contribution in [0.25, 0.3) is 0 Å². The van der Waals surface area contributed by atoms with Gasteiger partial charge in [0.05, 0.1) is 0 Å². The first-order valence-corrected chi connectivity index (χ1v) is 6.70. The zero-order valence-corrected chi connectivity index (χ0v) is 11.9. The topological polar surface area (TPSA) is 18.5 Å². The largest absolute Gasteiger partial charge is 0.441 e. The summed E-state index contributed by atoms with van der Waals surface area (Å²) in [6.45, 7) is 6.21. The molecule has 0 aliphatic carbocycles. The zero-order valence-electron chi connectivity index (χ0n) is 10.9. The molecule has 1 unspecified atom stereocenters. The maximum Gasteiger partial charge on any atom is 0.275 e. The lowest BCUT2D eigenvalue weighted by Crippen LogP contribution is -1.91. The van der Waals surface area contributed by atoms with Gasteiger partial charge in [0.2, 0.25) is 0 Å². The van der Waals surface area contributed by atoms with Gasteiger partial charge in [-0.3, -0.25) is 0 Å². The van der Waals surface area contributed by atoms with Crippen molar-refractivity contribution in [3.63, 3.8) is 0 Å². The van der Waals surface area contributed by atoms with E-state index in [1.807, 2.05) is 30.3 Å². The maximum absolute atomic E-state index is 5.73. The summed E-state index contributed by atoms with van der Waals surface area (Å²) in [5.41, 5.74) is 3.55. The van der Waals surface area contributed by atoms with E-state index >= 15 is 0 Å². The molecule has 2 aromatic rings. The van der Waals surface area contributed by atoms with E-state index in [9.17, 15) is 0 Å². The summed E-state index contributed by atoms with van der Waals surface area (Å²) >= 11 is 0. The molecule has 0 bridgehead atoms. The van der Waals surface area contributed by atoms with Gasteiger partial charge in [0.25, 0.3) is 9.03 Å². The van der Waals surface area contributed by atoms with Crippen LogP contribution < -0.4 is 9.05 Å². The molecule has 0 heterocycles. The van der Waals surface area contributed by atoms with Crippen LogP contribution in [0.3, 0.4) is 0 Å². The number of hydrogen-bond donors (Lipinski definition) is 0. The van der Waals surface area contributed by atoms with Crippen molar-refractivity contribution >= 4 is 9.03 Å². The molecule has 18 heavy (non-hydrogen) atoms. The van der Waals surface area contributed by atoms with Crippen LogP contribution in [0.5, 0.6) is 11.5 Å². The second-order valence-electron chi connectivity index (χ2n) is 4.33. The molecule has 0 fully saturated rings. The SMILES string of the molecule is Cc1cc(C)c(OPOc2ccccc2)c(C)c1. The molecule has 0 aliphatic rings. The molecule has 0 N–H and O–H groups in total. The van der Waals surface area contributed by atoms with E-state index in [0.717, 1.165) is 22.6 Å². The first-order valence-electron chi connectivity index (χ1n) is 5.88. The fourth-order valence-corrected chi connectivity index (χ4v) is 2.61. The zero-order chi connectivity index (χ0) is 13.0. The van der Waals surface area contributed by atoms with Crippen molar-refractivity contribution in [1.29, 1.82) is 0 Å². The lowest BCUT2D eigenvalue weighted by Gasteiger charge is -2.12. The van der Waals surface area contributed by atoms with E-state index in [4.69, 9.17) is 9.05 Å². The summed E-state index contributed by atoms with van der Waals surface area (Å²) in [5.74, 6) is 1.76. The predicted octanol–water partition coefficient (Wildman–Crippen LogP) is 4.58. The van der Waals surface area contributed by atoms with Crippen molar-refractivity contribution in [2.24, 2.45) is 0 Å². The second-order valence-corrected chi connectivity index (χ2v) is 4.90. The van der Waals surface area contributed by atoms with Crippen molar-refractivity contribution < 1.29 is 9.05 Å². The van der Waals surface area contributed by atoms with E-state index in [1.165, 1.54) is 5.56 Å². The number of para-hydroxylation sites is 1. The minimum atomic E-state index is -0.0233. The maximum atomic E-state index is 5.73. The molecule has 2 rings (SSSR count). The summed E-state index contributed by atoms with van der Waals surface area (Å²) in [5, 5.41) is 0. The van der Waals surface area contributed by atoms with E-state index < -0.39 is 0 Å². The minimum Gasteiger partial charge on any atom is -0.441 e. The van der Waals surface area contributed by atoms with Gasteiger partial charge in [-0.15, -0.1) is 0 Å². The van der Waals surface area contributed by atoms with Crippen molar-refractivity contribution in [3.05, 3.63) is 59.2 Å². The highest BCUT2D eigenvalue weighted by molar-refractivity contribution is 7.27. The Morgan fingerprint density at radius 1 is 0.833 bits per heavy atom. The highest BCUT2D eigenvalue weighted by Crippen LogP contribution is 2.31. The third-order valence-electron chi connectivity index (χ3n) is 2.65. The van der Waals surface area contributed by atoms with Crippen LogP contribution in [0, 0.1) is 20.8 Å². The van der Waals surface area contributed by atoms with Crippen LogP contribution >= 0.6 is 9.03 Å². The lowest BCUT2D eigenvalue weighted by atomic mass is 10.1. The van der Waals surface area contributed by atoms with Crippen LogP contribution in [0.15, 0.2) is 42.5 Å². The standard InChI is InChI=1S/C15H17O2P/c1-11-9-12(2)15(13(3)10-11)17-18-16-14-7-5-4-6-8-14/h4-10,18H,1-3H3. The first kappa shape index (κ1) is 12.9. The van der Waals surface area contributed by atoms with Crippen molar-refractivity contribution in [2.45, 2.75) is 20.8 Å². The Bertz CT molecular complexity index is 500. The van der Waals surface area contributed by atoms with Crippen LogP contribution in [-0.2, 0) is 0 Å². The number of hydrogen-bond acceptors (Lipinski definition) is 2. The summed E-state index contributed by atoms with van der Waals surface area (Å²) in [6.07, 6.45) is 0. The van der Waals surface area contributed by atoms with Gasteiger partial charge in [-0.05, 0) is 44.0 Å². The van der Waals surface area contributed by atoms with E-state index in [2.05, 4.69) is 32.9 Å². The Morgan fingerprint density at radius 3 is 2.06 bits per heavy atom. The number of aryl methyl sites for hydroxylation is 3. The molecule has 94 valence electrons. The second kappa shape index (κ2) is 5.88. The Morgan fingerprint density at radius 2 is 1.44 bits per heavy atom. The molecular formula is C15H17O2P. The van der Waals surface area contributed by atoms with Crippen molar-refractivity contribution in [3.8, 4) is 11.5 Å². The molecular weight excluding hydrogens is 243 g/mol. The molecule has 0 aromatic heterocycles. The van der Waals surface area contributed by atoms with Gasteiger partial charge in [0.1, 0.15) is 11.5 Å². The smallest absolute Gasteiger partial charge is 0.275 e. The molecule has 2 nitrogen and oxygen atoms in total. The highest BCUT2D eigenvalue weighted by atomic mass is 31.1. The quantitative estimate of drug-likeness (QED) is 0.749. The average molecular weight is 260 g/mol. The average Bonchev–Trinajstić information content (AvgIpc) is 2.34.